The Kier molecular flexibility index (Phi) is 4.51. The van der Waals surface area contributed by atoms with Gasteiger partial charge in [0.2, 0.25) is 0 Å². The van der Waals surface area contributed by atoms with E-state index in [1.54, 1.807) is 0 Å². The highest BCUT2D eigenvalue weighted by Gasteiger charge is 2.27. The summed E-state index contributed by atoms with van der Waals surface area (Å²) in [6.45, 7) is 0.677. The second-order valence-corrected chi connectivity index (χ2v) is 4.18. The first-order chi connectivity index (χ1) is 7.47. The Hall–Kier alpha value is -0.860. The van der Waals surface area contributed by atoms with E-state index in [0.717, 1.165) is 11.3 Å². The van der Waals surface area contributed by atoms with Gasteiger partial charge >= 0.3 is 0 Å². The van der Waals surface area contributed by atoms with Gasteiger partial charge in [-0.15, -0.1) is 11.3 Å². The van der Waals surface area contributed by atoms with Gasteiger partial charge in [0.05, 0.1) is 12.3 Å². The van der Waals surface area contributed by atoms with Crippen LogP contribution in [0.1, 0.15) is 28.5 Å². The lowest BCUT2D eigenvalue weighted by molar-refractivity contribution is -0.0787. The van der Waals surface area contributed by atoms with Crippen molar-refractivity contribution >= 4 is 17.1 Å². The van der Waals surface area contributed by atoms with Gasteiger partial charge in [0, 0.05) is 12.3 Å². The number of ketones is 1. The zero-order chi connectivity index (χ0) is 12.3. The van der Waals surface area contributed by atoms with Crippen LogP contribution in [0.5, 0.6) is 0 Å². The Labute approximate surface area is 95.8 Å². The molecule has 7 heteroatoms. The van der Waals surface area contributed by atoms with Crippen LogP contribution in [0, 0.1) is 0 Å². The summed E-state index contributed by atoms with van der Waals surface area (Å²) in [6.07, 6.45) is -4.41. The van der Waals surface area contributed by atoms with E-state index in [1.165, 1.54) is 12.3 Å². The third-order valence-electron chi connectivity index (χ3n) is 2.03. The number of aromatic nitrogens is 1. The molecule has 0 aliphatic rings. The highest BCUT2D eigenvalue weighted by molar-refractivity contribution is 7.11. The minimum Gasteiger partial charge on any atom is -0.394 e. The van der Waals surface area contributed by atoms with Gasteiger partial charge in [-0.2, -0.15) is 0 Å². The van der Waals surface area contributed by atoms with E-state index >= 15 is 0 Å². The van der Waals surface area contributed by atoms with Gasteiger partial charge in [-0.1, -0.05) is 0 Å². The van der Waals surface area contributed by atoms with Gasteiger partial charge < -0.3 is 20.4 Å². The van der Waals surface area contributed by atoms with Crippen molar-refractivity contribution < 1.29 is 25.2 Å². The van der Waals surface area contributed by atoms with Crippen LogP contribution in [-0.4, -0.2) is 50.0 Å². The molecule has 0 fully saturated rings. The van der Waals surface area contributed by atoms with Crippen LogP contribution >= 0.6 is 11.3 Å². The first-order valence-corrected chi connectivity index (χ1v) is 5.46. The van der Waals surface area contributed by atoms with E-state index in [4.69, 9.17) is 10.2 Å². The van der Waals surface area contributed by atoms with Gasteiger partial charge in [0.1, 0.15) is 18.3 Å². The minimum atomic E-state index is -1.54. The molecule has 1 heterocycles. The van der Waals surface area contributed by atoms with E-state index in [1.807, 2.05) is 0 Å². The molecule has 16 heavy (non-hydrogen) atoms. The minimum absolute atomic E-state index is 0.107. The molecule has 0 amide bonds. The second kappa shape index (κ2) is 5.46. The fourth-order valence-corrected chi connectivity index (χ4v) is 1.83. The largest absolute Gasteiger partial charge is 0.394 e. The molecule has 3 atom stereocenters. The molecule has 0 aromatic carbocycles. The van der Waals surface area contributed by atoms with Crippen molar-refractivity contribution in [3.63, 3.8) is 0 Å². The summed E-state index contributed by atoms with van der Waals surface area (Å²) >= 11 is 1.05. The van der Waals surface area contributed by atoms with Gasteiger partial charge in [0.25, 0.3) is 0 Å². The van der Waals surface area contributed by atoms with Crippen LogP contribution in [-0.2, 0) is 0 Å². The molecule has 0 saturated carbocycles. The molecule has 90 valence electrons. The van der Waals surface area contributed by atoms with Gasteiger partial charge in [-0.3, -0.25) is 4.79 Å². The quantitative estimate of drug-likeness (QED) is 0.501. The molecule has 0 unspecified atom stereocenters. The number of rotatable bonds is 5. The van der Waals surface area contributed by atoms with Crippen LogP contribution < -0.4 is 0 Å². The third kappa shape index (κ3) is 2.83. The van der Waals surface area contributed by atoms with Crippen LogP contribution in [0.4, 0.5) is 0 Å². The van der Waals surface area contributed by atoms with E-state index in [2.05, 4.69) is 4.98 Å². The second-order valence-electron chi connectivity index (χ2n) is 3.32. The summed E-state index contributed by atoms with van der Waals surface area (Å²) in [4.78, 5) is 14.8. The maximum Gasteiger partial charge on any atom is 0.188 e. The highest BCUT2D eigenvalue weighted by Crippen LogP contribution is 2.21. The number of nitrogens with zero attached hydrogens (tertiary/aromatic N) is 1. The number of carbonyl (C=O) groups is 1. The van der Waals surface area contributed by atoms with Gasteiger partial charge in [-0.05, 0) is 0 Å². The zero-order valence-corrected chi connectivity index (χ0v) is 9.39. The summed E-state index contributed by atoms with van der Waals surface area (Å²) in [5.74, 6) is -0.236. The molecule has 1 rings (SSSR count). The number of carbonyl (C=O) groups excluding carboxylic acids is 1. The van der Waals surface area contributed by atoms with Crippen LogP contribution in [0.3, 0.4) is 0 Å². The molecular formula is C9H13NO5S. The molecule has 1 aromatic heterocycles. The predicted octanol–water partition coefficient (Wildman–Crippen LogP) is -0.907. The summed E-state index contributed by atoms with van der Waals surface area (Å²) in [5, 5.41) is 38.4. The van der Waals surface area contributed by atoms with Crippen molar-refractivity contribution in [1.29, 1.82) is 0 Å². The lowest BCUT2D eigenvalue weighted by atomic mass is 10.1. The Morgan fingerprint density at radius 2 is 2.12 bits per heavy atom. The lowest BCUT2D eigenvalue weighted by Crippen LogP contribution is -2.34. The number of hydrogen-bond acceptors (Lipinski definition) is 7. The SMILES string of the molecule is CC(=O)c1nc([C@@H](O)[C@H](O)[C@H](O)CO)cs1. The number of aliphatic hydroxyl groups is 4. The van der Waals surface area contributed by atoms with E-state index < -0.39 is 24.9 Å². The lowest BCUT2D eigenvalue weighted by Gasteiger charge is -2.19. The van der Waals surface area contributed by atoms with Gasteiger partial charge in [0.15, 0.2) is 10.8 Å². The molecule has 0 saturated heterocycles. The maximum absolute atomic E-state index is 11.0. The predicted molar refractivity (Wildman–Crippen MR) is 56.2 cm³/mol. The van der Waals surface area contributed by atoms with Crippen LogP contribution in [0.2, 0.25) is 0 Å². The van der Waals surface area contributed by atoms with Crippen molar-refractivity contribution in [2.45, 2.75) is 25.2 Å². The summed E-state index contributed by atoms with van der Waals surface area (Å²) < 4.78 is 0. The average molecular weight is 247 g/mol. The Morgan fingerprint density at radius 3 is 2.56 bits per heavy atom. The van der Waals surface area contributed by atoms with Crippen LogP contribution in [0.25, 0.3) is 0 Å². The maximum atomic E-state index is 11.0. The number of aliphatic hydroxyl groups excluding tert-OH is 4. The van der Waals surface area contributed by atoms with Crippen LogP contribution in [0.15, 0.2) is 5.38 Å². The molecule has 0 radical (unpaired) electrons. The molecule has 6 nitrogen and oxygen atoms in total. The number of hydrogen-bond donors (Lipinski definition) is 4. The van der Waals surface area contributed by atoms with Crippen molar-refractivity contribution in [3.05, 3.63) is 16.1 Å². The summed E-state index contributed by atoms with van der Waals surface area (Å²) in [7, 11) is 0. The molecule has 0 spiro atoms. The monoisotopic (exact) mass is 247 g/mol. The Morgan fingerprint density at radius 1 is 1.50 bits per heavy atom. The Balaban J connectivity index is 2.79. The summed E-state index contributed by atoms with van der Waals surface area (Å²) in [5.41, 5.74) is 0.107. The summed E-state index contributed by atoms with van der Waals surface area (Å²) in [6, 6.07) is 0. The molecule has 4 N–H and O–H groups in total. The molecule has 0 aliphatic heterocycles. The topological polar surface area (TPSA) is 111 Å². The first kappa shape index (κ1) is 13.2. The fraction of sp³-hybridized carbons (Fsp3) is 0.556. The van der Waals surface area contributed by atoms with Crippen molar-refractivity contribution in [2.24, 2.45) is 0 Å². The van der Waals surface area contributed by atoms with Crippen molar-refractivity contribution in [3.8, 4) is 0 Å². The smallest absolute Gasteiger partial charge is 0.188 e. The zero-order valence-electron chi connectivity index (χ0n) is 8.57. The van der Waals surface area contributed by atoms with E-state index in [0.29, 0.717) is 0 Å². The molecule has 0 bridgehead atoms. The van der Waals surface area contributed by atoms with E-state index in [-0.39, 0.29) is 16.5 Å². The standard InChI is InChI=1S/C9H13NO5S/c1-4(12)9-10-5(3-16-9)7(14)8(15)6(13)2-11/h3,6-8,11,13-15H,2H2,1H3/t6-,7-,8-/m1/s1. The average Bonchev–Trinajstić information content (AvgIpc) is 2.75. The molecule has 0 aliphatic carbocycles. The number of thiazole rings is 1. The molecular weight excluding hydrogens is 234 g/mol. The number of Topliss-reactive ketones (excluding diaryl/α,β-unsaturated/α-hetero) is 1. The molecule has 1 aromatic rings. The third-order valence-corrected chi connectivity index (χ3v) is 2.99. The normalized spacial score (nSPS) is 16.8. The van der Waals surface area contributed by atoms with E-state index in [9.17, 15) is 15.0 Å². The first-order valence-electron chi connectivity index (χ1n) is 4.58. The fourth-order valence-electron chi connectivity index (χ4n) is 1.08. The highest BCUT2D eigenvalue weighted by atomic mass is 32.1. The van der Waals surface area contributed by atoms with Gasteiger partial charge in [-0.25, -0.2) is 4.98 Å². The Bertz CT molecular complexity index is 367. The van der Waals surface area contributed by atoms with Crippen molar-refractivity contribution in [2.75, 3.05) is 6.61 Å². The van der Waals surface area contributed by atoms with Crippen molar-refractivity contribution in [1.82, 2.24) is 4.98 Å².